The van der Waals surface area contributed by atoms with Crippen molar-refractivity contribution in [2.75, 3.05) is 34.3 Å². The zero-order chi connectivity index (χ0) is 17.4. The summed E-state index contributed by atoms with van der Waals surface area (Å²) in [7, 11) is 0.610. The van der Waals surface area contributed by atoms with Gasteiger partial charge in [-0.3, -0.25) is 4.79 Å². The lowest BCUT2D eigenvalue weighted by atomic mass is 10.2. The van der Waals surface area contributed by atoms with Gasteiger partial charge in [-0.1, -0.05) is 11.6 Å². The van der Waals surface area contributed by atoms with Gasteiger partial charge in [0.25, 0.3) is 5.91 Å². The van der Waals surface area contributed by atoms with Crippen LogP contribution in [0.4, 0.5) is 0 Å². The predicted molar refractivity (Wildman–Crippen MR) is 87.4 cm³/mol. The van der Waals surface area contributed by atoms with Crippen LogP contribution in [-0.4, -0.2) is 63.9 Å². The quantitative estimate of drug-likeness (QED) is 0.855. The molecule has 2 N–H and O–H groups in total. The smallest absolute Gasteiger partial charge is 0.257 e. The topological polar surface area (TPSA) is 92.9 Å². The molecule has 0 unspecified atom stereocenters. The standard InChI is InChI=1S/C14H20ClN3O4S/c1-17(2)14(19)11-6-9(15)7-12(13(11)22-3)23(20,21)18-5-4-10(16)8-18/h6-7,10H,4-5,8,16H2,1-3H3/t10-/m0/s1. The monoisotopic (exact) mass is 361 g/mol. The molecule has 0 bridgehead atoms. The molecule has 128 valence electrons. The molecule has 7 nitrogen and oxygen atoms in total. The molecule has 1 aliphatic rings. The first-order valence-corrected chi connectivity index (χ1v) is 8.85. The van der Waals surface area contributed by atoms with Gasteiger partial charge in [-0.25, -0.2) is 8.42 Å². The first kappa shape index (κ1) is 18.0. The summed E-state index contributed by atoms with van der Waals surface area (Å²) in [5.41, 5.74) is 5.90. The molecule has 1 aromatic carbocycles. The maximum Gasteiger partial charge on any atom is 0.257 e. The van der Waals surface area contributed by atoms with Crippen LogP contribution in [0.15, 0.2) is 17.0 Å². The summed E-state index contributed by atoms with van der Waals surface area (Å²) >= 11 is 6.04. The third-order valence-electron chi connectivity index (χ3n) is 3.67. The van der Waals surface area contributed by atoms with E-state index in [1.165, 1.54) is 28.4 Å². The number of carbonyl (C=O) groups is 1. The minimum Gasteiger partial charge on any atom is -0.494 e. The van der Waals surface area contributed by atoms with Crippen LogP contribution < -0.4 is 10.5 Å². The van der Waals surface area contributed by atoms with Crippen molar-refractivity contribution in [1.29, 1.82) is 0 Å². The Morgan fingerprint density at radius 2 is 2.09 bits per heavy atom. The Balaban J connectivity index is 2.60. The minimum absolute atomic E-state index is 0.00595. The number of methoxy groups -OCH3 is 1. The summed E-state index contributed by atoms with van der Waals surface area (Å²) in [6.07, 6.45) is 0.589. The fourth-order valence-corrected chi connectivity index (χ4v) is 4.48. The van der Waals surface area contributed by atoms with E-state index in [1.54, 1.807) is 14.1 Å². The second kappa shape index (κ2) is 6.64. The summed E-state index contributed by atoms with van der Waals surface area (Å²) in [6, 6.07) is 2.50. The summed E-state index contributed by atoms with van der Waals surface area (Å²) < 4.78 is 32.2. The Kier molecular flexibility index (Phi) is 5.20. The summed E-state index contributed by atoms with van der Waals surface area (Å²) in [5.74, 6) is -0.396. The highest BCUT2D eigenvalue weighted by Gasteiger charge is 2.35. The van der Waals surface area contributed by atoms with Gasteiger partial charge in [-0.05, 0) is 18.6 Å². The van der Waals surface area contributed by atoms with Crippen molar-refractivity contribution in [3.05, 3.63) is 22.7 Å². The lowest BCUT2D eigenvalue weighted by Gasteiger charge is -2.21. The normalized spacial score (nSPS) is 18.9. The average molecular weight is 362 g/mol. The minimum atomic E-state index is -3.85. The molecule has 0 aromatic heterocycles. The van der Waals surface area contributed by atoms with Crippen molar-refractivity contribution in [3.63, 3.8) is 0 Å². The van der Waals surface area contributed by atoms with E-state index in [2.05, 4.69) is 0 Å². The highest BCUT2D eigenvalue weighted by molar-refractivity contribution is 7.89. The number of sulfonamides is 1. The zero-order valence-corrected chi connectivity index (χ0v) is 14.8. The molecule has 1 atom stereocenters. The molecule has 9 heteroatoms. The fraction of sp³-hybridized carbons (Fsp3) is 0.500. The van der Waals surface area contributed by atoms with E-state index in [0.717, 1.165) is 0 Å². The van der Waals surface area contributed by atoms with Gasteiger partial charge >= 0.3 is 0 Å². The summed E-state index contributed by atoms with van der Waals surface area (Å²) in [4.78, 5) is 13.5. The highest BCUT2D eigenvalue weighted by Crippen LogP contribution is 2.35. The zero-order valence-electron chi connectivity index (χ0n) is 13.2. The second-order valence-electron chi connectivity index (χ2n) is 5.60. The molecule has 0 saturated carbocycles. The van der Waals surface area contributed by atoms with Gasteiger partial charge in [0, 0.05) is 38.2 Å². The van der Waals surface area contributed by atoms with Gasteiger partial charge in [-0.15, -0.1) is 0 Å². The number of nitrogens with two attached hydrogens (primary N) is 1. The van der Waals surface area contributed by atoms with Crippen LogP contribution in [0.3, 0.4) is 0 Å². The number of hydrogen-bond acceptors (Lipinski definition) is 5. The van der Waals surface area contributed by atoms with Crippen molar-refractivity contribution < 1.29 is 17.9 Å². The molecule has 1 aromatic rings. The number of hydrogen-bond donors (Lipinski definition) is 1. The van der Waals surface area contributed by atoms with Gasteiger partial charge in [-0.2, -0.15) is 4.31 Å². The molecule has 1 aliphatic heterocycles. The maximum absolute atomic E-state index is 12.9. The molecule has 1 amide bonds. The molecule has 1 saturated heterocycles. The second-order valence-corrected chi connectivity index (χ2v) is 7.94. The van der Waals surface area contributed by atoms with E-state index < -0.39 is 10.0 Å². The highest BCUT2D eigenvalue weighted by atomic mass is 35.5. The molecule has 2 rings (SSSR count). The number of amides is 1. The van der Waals surface area contributed by atoms with Crippen LogP contribution >= 0.6 is 11.6 Å². The predicted octanol–water partition coefficient (Wildman–Crippen LogP) is 0.772. The molecule has 1 fully saturated rings. The average Bonchev–Trinajstić information content (AvgIpc) is 2.92. The van der Waals surface area contributed by atoms with Crippen LogP contribution in [0.5, 0.6) is 5.75 Å². The Morgan fingerprint density at radius 1 is 1.43 bits per heavy atom. The van der Waals surface area contributed by atoms with Crippen molar-refractivity contribution in [3.8, 4) is 5.75 Å². The van der Waals surface area contributed by atoms with Crippen molar-refractivity contribution in [2.24, 2.45) is 5.73 Å². The lowest BCUT2D eigenvalue weighted by Crippen LogP contribution is -2.32. The number of benzene rings is 1. The molecule has 23 heavy (non-hydrogen) atoms. The molecular formula is C14H20ClN3O4S. The van der Waals surface area contributed by atoms with Crippen LogP contribution in [-0.2, 0) is 10.0 Å². The van der Waals surface area contributed by atoms with Crippen LogP contribution in [0.25, 0.3) is 0 Å². The van der Waals surface area contributed by atoms with Gasteiger partial charge < -0.3 is 15.4 Å². The molecule has 1 heterocycles. The molecule has 0 spiro atoms. The van der Waals surface area contributed by atoms with Crippen molar-refractivity contribution in [1.82, 2.24) is 9.21 Å². The van der Waals surface area contributed by atoms with E-state index in [4.69, 9.17) is 22.1 Å². The van der Waals surface area contributed by atoms with Crippen LogP contribution in [0.2, 0.25) is 5.02 Å². The number of nitrogens with zero attached hydrogens (tertiary/aromatic N) is 2. The van der Waals surface area contributed by atoms with Gasteiger partial charge in [0.15, 0.2) is 5.75 Å². The molecular weight excluding hydrogens is 342 g/mol. The number of ether oxygens (including phenoxy) is 1. The number of halogens is 1. The Hall–Kier alpha value is -1.35. The number of rotatable bonds is 4. The van der Waals surface area contributed by atoms with E-state index in [-0.39, 0.29) is 39.7 Å². The van der Waals surface area contributed by atoms with Crippen LogP contribution in [0, 0.1) is 0 Å². The van der Waals surface area contributed by atoms with Gasteiger partial charge in [0.1, 0.15) is 4.90 Å². The van der Waals surface area contributed by atoms with Crippen molar-refractivity contribution >= 4 is 27.5 Å². The maximum atomic E-state index is 12.9. The first-order chi connectivity index (χ1) is 10.7. The molecule has 0 radical (unpaired) electrons. The van der Waals surface area contributed by atoms with E-state index in [1.807, 2.05) is 0 Å². The third kappa shape index (κ3) is 3.45. The molecule has 0 aliphatic carbocycles. The summed E-state index contributed by atoms with van der Waals surface area (Å²) in [5, 5.41) is 0.151. The summed E-state index contributed by atoms with van der Waals surface area (Å²) in [6.45, 7) is 0.561. The first-order valence-electron chi connectivity index (χ1n) is 7.03. The van der Waals surface area contributed by atoms with Crippen molar-refractivity contribution in [2.45, 2.75) is 17.4 Å². The van der Waals surface area contributed by atoms with E-state index in [0.29, 0.717) is 13.0 Å². The third-order valence-corrected chi connectivity index (χ3v) is 5.75. The largest absolute Gasteiger partial charge is 0.494 e. The van der Waals surface area contributed by atoms with Crippen LogP contribution in [0.1, 0.15) is 16.8 Å². The van der Waals surface area contributed by atoms with Gasteiger partial charge in [0.2, 0.25) is 10.0 Å². The SMILES string of the molecule is COc1c(C(=O)N(C)C)cc(Cl)cc1S(=O)(=O)N1CC[C@H](N)C1. The Labute approximate surface area is 141 Å². The Morgan fingerprint density at radius 3 is 2.57 bits per heavy atom. The number of carbonyl (C=O) groups excluding carboxylic acids is 1. The van der Waals surface area contributed by atoms with E-state index >= 15 is 0 Å². The Bertz CT molecular complexity index is 721. The lowest BCUT2D eigenvalue weighted by molar-refractivity contribution is 0.0823. The van der Waals surface area contributed by atoms with Gasteiger partial charge in [0.05, 0.1) is 12.7 Å². The fourth-order valence-electron chi connectivity index (χ4n) is 2.48. The van der Waals surface area contributed by atoms with E-state index in [9.17, 15) is 13.2 Å².